The van der Waals surface area contributed by atoms with E-state index in [1.165, 1.54) is 0 Å². The lowest BCUT2D eigenvalue weighted by Gasteiger charge is -2.35. The Morgan fingerprint density at radius 2 is 2.24 bits per heavy atom. The molecule has 2 fully saturated rings. The summed E-state index contributed by atoms with van der Waals surface area (Å²) >= 11 is 1.65. The van der Waals surface area contributed by atoms with Crippen LogP contribution in [-0.2, 0) is 16.1 Å². The van der Waals surface area contributed by atoms with Crippen molar-refractivity contribution in [3.63, 3.8) is 0 Å². The second-order valence-electron chi connectivity index (χ2n) is 6.73. The molecular formula is C17H28N4O3S. The van der Waals surface area contributed by atoms with Crippen molar-refractivity contribution < 1.29 is 14.6 Å². The van der Waals surface area contributed by atoms with Gasteiger partial charge in [-0.3, -0.25) is 9.69 Å². The zero-order valence-corrected chi connectivity index (χ0v) is 15.8. The molecule has 0 aromatic carbocycles. The predicted molar refractivity (Wildman–Crippen MR) is 96.4 cm³/mol. The number of aromatic nitrogens is 1. The first-order valence-corrected chi connectivity index (χ1v) is 9.93. The van der Waals surface area contributed by atoms with Gasteiger partial charge < -0.3 is 20.1 Å². The Bertz CT molecular complexity index is 574. The number of ether oxygens (including phenoxy) is 1. The molecule has 3 rings (SSSR count). The number of piperazine rings is 1. The number of rotatable bonds is 6. The Labute approximate surface area is 153 Å². The van der Waals surface area contributed by atoms with Gasteiger partial charge in [0, 0.05) is 51.3 Å². The van der Waals surface area contributed by atoms with Gasteiger partial charge >= 0.3 is 0 Å². The second-order valence-corrected chi connectivity index (χ2v) is 7.62. The Morgan fingerprint density at radius 3 is 2.88 bits per heavy atom. The average molecular weight is 369 g/mol. The van der Waals surface area contributed by atoms with E-state index in [2.05, 4.69) is 20.6 Å². The van der Waals surface area contributed by atoms with E-state index >= 15 is 0 Å². The smallest absolute Gasteiger partial charge is 0.239 e. The van der Waals surface area contributed by atoms with Crippen LogP contribution < -0.4 is 5.32 Å². The molecule has 2 N–H and O–H groups in total. The highest BCUT2D eigenvalue weighted by Gasteiger charge is 2.32. The maximum atomic E-state index is 12.5. The minimum absolute atomic E-state index is 0.0486. The molecule has 1 amide bonds. The van der Waals surface area contributed by atoms with Crippen molar-refractivity contribution in [1.82, 2.24) is 20.1 Å². The molecule has 0 unspecified atom stereocenters. The second kappa shape index (κ2) is 8.55. The fraction of sp³-hybridized carbons (Fsp3) is 0.765. The molecule has 0 bridgehead atoms. The van der Waals surface area contributed by atoms with Crippen LogP contribution in [0.4, 0.5) is 0 Å². The number of β-amino-alcohol motifs (C(OH)–C–C–N with tert-alkyl or cyclic N) is 1. The van der Waals surface area contributed by atoms with Crippen molar-refractivity contribution >= 4 is 17.2 Å². The van der Waals surface area contributed by atoms with Crippen LogP contribution in [0.3, 0.4) is 0 Å². The first kappa shape index (κ1) is 18.7. The number of carbonyl (C=O) groups excluding carboxylic acids is 1. The number of amides is 1. The highest BCUT2D eigenvalue weighted by molar-refractivity contribution is 7.09. The van der Waals surface area contributed by atoms with E-state index in [0.29, 0.717) is 19.6 Å². The number of nitrogens with zero attached hydrogens (tertiary/aromatic N) is 3. The summed E-state index contributed by atoms with van der Waals surface area (Å²) in [6, 6.07) is -0.220. The third kappa shape index (κ3) is 4.77. The first-order valence-electron chi connectivity index (χ1n) is 9.05. The summed E-state index contributed by atoms with van der Waals surface area (Å²) in [5, 5.41) is 15.8. The molecule has 140 valence electrons. The van der Waals surface area contributed by atoms with Crippen molar-refractivity contribution in [3.8, 4) is 0 Å². The van der Waals surface area contributed by atoms with E-state index in [4.69, 9.17) is 4.74 Å². The van der Waals surface area contributed by atoms with Gasteiger partial charge in [-0.15, -0.1) is 11.3 Å². The largest absolute Gasteiger partial charge is 0.392 e. The Kier molecular flexibility index (Phi) is 6.40. The van der Waals surface area contributed by atoms with E-state index in [0.717, 1.165) is 43.4 Å². The molecule has 2 saturated heterocycles. The zero-order chi connectivity index (χ0) is 17.8. The monoisotopic (exact) mass is 368 g/mol. The fourth-order valence-corrected chi connectivity index (χ4v) is 4.20. The zero-order valence-electron chi connectivity index (χ0n) is 15.0. The number of hydrogen-bond acceptors (Lipinski definition) is 7. The van der Waals surface area contributed by atoms with Gasteiger partial charge in [-0.25, -0.2) is 4.98 Å². The van der Waals surface area contributed by atoms with Crippen LogP contribution in [0.15, 0.2) is 5.38 Å². The van der Waals surface area contributed by atoms with Crippen LogP contribution in [0.1, 0.15) is 37.1 Å². The Balaban J connectivity index is 1.45. The van der Waals surface area contributed by atoms with Crippen molar-refractivity contribution in [2.45, 2.75) is 45.1 Å². The van der Waals surface area contributed by atoms with E-state index in [-0.39, 0.29) is 18.1 Å². The van der Waals surface area contributed by atoms with Gasteiger partial charge in [-0.05, 0) is 20.3 Å². The van der Waals surface area contributed by atoms with E-state index < -0.39 is 6.10 Å². The van der Waals surface area contributed by atoms with Crippen molar-refractivity contribution in [2.24, 2.45) is 0 Å². The van der Waals surface area contributed by atoms with Crippen LogP contribution in [0.2, 0.25) is 0 Å². The molecule has 25 heavy (non-hydrogen) atoms. The standard InChI is InChI=1S/C17H28N4O3S/c1-3-24-12(2)16-19-13(11-25-16)10-20-4-6-21(7-5-20)17(23)15-8-14(22)9-18-15/h11-12,14-15,18,22H,3-10H2,1-2H3/t12-,14-,15-/m1/s1. The van der Waals surface area contributed by atoms with Gasteiger partial charge in [0.15, 0.2) is 0 Å². The third-order valence-corrected chi connectivity index (χ3v) is 5.86. The number of aliphatic hydroxyl groups excluding tert-OH is 1. The maximum absolute atomic E-state index is 12.5. The van der Waals surface area contributed by atoms with Gasteiger partial charge in [0.2, 0.25) is 5.91 Å². The van der Waals surface area contributed by atoms with Crippen molar-refractivity contribution in [2.75, 3.05) is 39.3 Å². The van der Waals surface area contributed by atoms with E-state index in [1.54, 1.807) is 11.3 Å². The Hall–Kier alpha value is -1.06. The Morgan fingerprint density at radius 1 is 1.48 bits per heavy atom. The normalized spacial score (nSPS) is 26.1. The molecule has 0 aliphatic carbocycles. The third-order valence-electron chi connectivity index (χ3n) is 4.81. The van der Waals surface area contributed by atoms with Gasteiger partial charge in [0.05, 0.1) is 17.8 Å². The van der Waals surface area contributed by atoms with Gasteiger partial charge in [-0.1, -0.05) is 0 Å². The lowest BCUT2D eigenvalue weighted by molar-refractivity contribution is -0.135. The van der Waals surface area contributed by atoms with Crippen LogP contribution in [0, 0.1) is 0 Å². The molecule has 8 heteroatoms. The molecule has 0 saturated carbocycles. The minimum Gasteiger partial charge on any atom is -0.392 e. The molecule has 1 aromatic heterocycles. The number of thiazole rings is 1. The van der Waals surface area contributed by atoms with Crippen LogP contribution in [0.25, 0.3) is 0 Å². The lowest BCUT2D eigenvalue weighted by atomic mass is 10.1. The maximum Gasteiger partial charge on any atom is 0.239 e. The number of carbonyl (C=O) groups is 1. The molecule has 3 atom stereocenters. The number of nitrogens with one attached hydrogen (secondary N) is 1. The van der Waals surface area contributed by atoms with Crippen molar-refractivity contribution in [1.29, 1.82) is 0 Å². The van der Waals surface area contributed by atoms with E-state index in [1.807, 2.05) is 18.7 Å². The van der Waals surface area contributed by atoms with Gasteiger partial charge in [0.1, 0.15) is 11.1 Å². The summed E-state index contributed by atoms with van der Waals surface area (Å²) in [7, 11) is 0. The summed E-state index contributed by atoms with van der Waals surface area (Å²) < 4.78 is 5.59. The number of hydrogen-bond donors (Lipinski definition) is 2. The molecule has 2 aliphatic heterocycles. The van der Waals surface area contributed by atoms with Gasteiger partial charge in [-0.2, -0.15) is 0 Å². The molecule has 0 radical (unpaired) electrons. The highest BCUT2D eigenvalue weighted by atomic mass is 32.1. The average Bonchev–Trinajstić information content (AvgIpc) is 3.24. The van der Waals surface area contributed by atoms with Gasteiger partial charge in [0.25, 0.3) is 0 Å². The molecule has 2 aliphatic rings. The molecule has 3 heterocycles. The fourth-order valence-electron chi connectivity index (χ4n) is 3.38. The number of aliphatic hydroxyl groups is 1. The molecule has 7 nitrogen and oxygen atoms in total. The van der Waals surface area contributed by atoms with Crippen LogP contribution in [-0.4, -0.2) is 77.3 Å². The molecule has 0 spiro atoms. The van der Waals surface area contributed by atoms with Crippen LogP contribution >= 0.6 is 11.3 Å². The topological polar surface area (TPSA) is 77.9 Å². The molecule has 1 aromatic rings. The quantitative estimate of drug-likeness (QED) is 0.766. The van der Waals surface area contributed by atoms with Crippen LogP contribution in [0.5, 0.6) is 0 Å². The van der Waals surface area contributed by atoms with E-state index in [9.17, 15) is 9.90 Å². The summed E-state index contributed by atoms with van der Waals surface area (Å²) in [6.45, 7) is 9.24. The summed E-state index contributed by atoms with van der Waals surface area (Å²) in [6.07, 6.45) is 0.180. The predicted octanol–water partition coefficient (Wildman–Crippen LogP) is 0.608. The lowest BCUT2D eigenvalue weighted by Crippen LogP contribution is -2.52. The molecular weight excluding hydrogens is 340 g/mol. The summed E-state index contributed by atoms with van der Waals surface area (Å²) in [4.78, 5) is 21.4. The summed E-state index contributed by atoms with van der Waals surface area (Å²) in [5.74, 6) is 0.123. The summed E-state index contributed by atoms with van der Waals surface area (Å²) in [5.41, 5.74) is 1.08. The minimum atomic E-state index is -0.395. The highest BCUT2D eigenvalue weighted by Crippen LogP contribution is 2.22. The van der Waals surface area contributed by atoms with Crippen molar-refractivity contribution in [3.05, 3.63) is 16.1 Å². The SMILES string of the molecule is CCO[C@H](C)c1nc(CN2CCN(C(=O)[C@H]3C[C@@H](O)CN3)CC2)cs1. The first-order chi connectivity index (χ1) is 12.1.